The molecular formula is C65H121NO5. The van der Waals surface area contributed by atoms with Crippen LogP contribution in [-0.2, 0) is 14.3 Å². The van der Waals surface area contributed by atoms with E-state index in [-0.39, 0.29) is 18.5 Å². The smallest absolute Gasteiger partial charge is 0.305 e. The lowest BCUT2D eigenvalue weighted by Crippen LogP contribution is -2.45. The lowest BCUT2D eigenvalue weighted by molar-refractivity contribution is -0.143. The summed E-state index contributed by atoms with van der Waals surface area (Å²) in [4.78, 5) is 24.5. The summed E-state index contributed by atoms with van der Waals surface area (Å²) in [6.07, 6.45) is 76.9. The van der Waals surface area contributed by atoms with E-state index in [4.69, 9.17) is 4.74 Å². The molecule has 416 valence electrons. The molecule has 0 bridgehead atoms. The van der Waals surface area contributed by atoms with Crippen LogP contribution in [0.15, 0.2) is 48.6 Å². The zero-order valence-corrected chi connectivity index (χ0v) is 47.5. The molecule has 0 spiro atoms. The summed E-state index contributed by atoms with van der Waals surface area (Å²) in [6.45, 7) is 4.91. The van der Waals surface area contributed by atoms with Gasteiger partial charge in [0.1, 0.15) is 0 Å². The second-order valence-electron chi connectivity index (χ2n) is 21.4. The highest BCUT2D eigenvalue weighted by Crippen LogP contribution is 2.17. The summed E-state index contributed by atoms with van der Waals surface area (Å²) in [5, 5.41) is 23.3. The van der Waals surface area contributed by atoms with Gasteiger partial charge in [0, 0.05) is 12.8 Å². The molecule has 3 N–H and O–H groups in total. The molecule has 0 rings (SSSR count). The van der Waals surface area contributed by atoms with Crippen LogP contribution in [0.3, 0.4) is 0 Å². The first kappa shape index (κ1) is 68.8. The van der Waals surface area contributed by atoms with Crippen LogP contribution in [0, 0.1) is 0 Å². The maximum Gasteiger partial charge on any atom is 0.305 e. The summed E-state index contributed by atoms with van der Waals surface area (Å²) >= 11 is 0. The highest BCUT2D eigenvalue weighted by molar-refractivity contribution is 5.76. The molecule has 2 unspecified atom stereocenters. The first-order valence-corrected chi connectivity index (χ1v) is 31.4. The monoisotopic (exact) mass is 996 g/mol. The number of aliphatic hydroxyl groups is 2. The number of amides is 1. The Balaban J connectivity index is 3.46. The van der Waals surface area contributed by atoms with Gasteiger partial charge in [-0.2, -0.15) is 0 Å². The quantitative estimate of drug-likeness (QED) is 0.0321. The Morgan fingerprint density at radius 3 is 1.11 bits per heavy atom. The van der Waals surface area contributed by atoms with Gasteiger partial charge in [0.25, 0.3) is 0 Å². The molecule has 0 aromatic carbocycles. The van der Waals surface area contributed by atoms with Gasteiger partial charge in [-0.1, -0.05) is 281 Å². The van der Waals surface area contributed by atoms with Crippen molar-refractivity contribution in [3.63, 3.8) is 0 Å². The lowest BCUT2D eigenvalue weighted by atomic mass is 10.0. The predicted molar refractivity (Wildman–Crippen MR) is 310 cm³/mol. The van der Waals surface area contributed by atoms with Gasteiger partial charge in [-0.3, -0.25) is 9.59 Å². The topological polar surface area (TPSA) is 95.9 Å². The van der Waals surface area contributed by atoms with E-state index in [0.29, 0.717) is 25.9 Å². The van der Waals surface area contributed by atoms with Gasteiger partial charge < -0.3 is 20.3 Å². The Morgan fingerprint density at radius 2 is 0.718 bits per heavy atom. The van der Waals surface area contributed by atoms with Crippen molar-refractivity contribution in [2.75, 3.05) is 13.2 Å². The molecule has 6 nitrogen and oxygen atoms in total. The highest BCUT2D eigenvalue weighted by Gasteiger charge is 2.20. The standard InChI is InChI=1S/C65H121NO5/c1-3-5-7-9-11-13-15-17-19-27-30-33-37-41-45-49-53-57-63(68)62(61-67)66-64(69)58-54-50-46-42-38-34-31-28-25-23-21-20-22-24-26-29-32-36-40-44-48-52-56-60-71-65(70)59-55-51-47-43-39-35-18-16-14-12-10-8-6-4-2/h10,12,16,18,20,22-23,25,62-63,67-68H,3-9,11,13-15,17,19,21,24,26-61H2,1-2H3,(H,66,69)/b12-10-,18-16-,22-20-,25-23-. The van der Waals surface area contributed by atoms with E-state index in [9.17, 15) is 19.8 Å². The first-order chi connectivity index (χ1) is 35.0. The van der Waals surface area contributed by atoms with Crippen molar-refractivity contribution >= 4 is 11.9 Å². The normalized spacial score (nSPS) is 12.9. The number of hydrogen-bond donors (Lipinski definition) is 3. The fraction of sp³-hybridized carbons (Fsp3) is 0.846. The van der Waals surface area contributed by atoms with E-state index in [1.54, 1.807) is 0 Å². The summed E-state index contributed by atoms with van der Waals surface area (Å²) < 4.78 is 5.47. The molecule has 1 amide bonds. The number of carbonyl (C=O) groups is 2. The molecule has 0 aliphatic carbocycles. The Labute approximate surface area is 442 Å². The lowest BCUT2D eigenvalue weighted by Gasteiger charge is -2.22. The summed E-state index contributed by atoms with van der Waals surface area (Å²) in [6, 6.07) is -0.550. The van der Waals surface area contributed by atoms with Crippen molar-refractivity contribution in [3.05, 3.63) is 48.6 Å². The molecule has 0 aliphatic heterocycles. The second kappa shape index (κ2) is 60.4. The number of carbonyl (C=O) groups excluding carboxylic acids is 2. The molecule has 0 aliphatic rings. The van der Waals surface area contributed by atoms with Crippen molar-refractivity contribution in [1.29, 1.82) is 0 Å². The highest BCUT2D eigenvalue weighted by atomic mass is 16.5. The van der Waals surface area contributed by atoms with Crippen LogP contribution in [0.2, 0.25) is 0 Å². The third-order valence-corrected chi connectivity index (χ3v) is 14.4. The number of esters is 1. The van der Waals surface area contributed by atoms with Crippen molar-refractivity contribution in [3.8, 4) is 0 Å². The van der Waals surface area contributed by atoms with Crippen LogP contribution in [0.25, 0.3) is 0 Å². The van der Waals surface area contributed by atoms with E-state index in [1.807, 2.05) is 0 Å². The van der Waals surface area contributed by atoms with E-state index in [0.717, 1.165) is 70.6 Å². The third kappa shape index (κ3) is 57.0. The molecular weight excluding hydrogens is 875 g/mol. The van der Waals surface area contributed by atoms with Crippen LogP contribution in [0.5, 0.6) is 0 Å². The van der Waals surface area contributed by atoms with Crippen LogP contribution < -0.4 is 5.32 Å². The predicted octanol–water partition coefficient (Wildman–Crippen LogP) is 19.7. The number of unbranched alkanes of at least 4 members (excludes halogenated alkanes) is 39. The minimum atomic E-state index is -0.672. The van der Waals surface area contributed by atoms with Crippen LogP contribution in [0.1, 0.15) is 328 Å². The van der Waals surface area contributed by atoms with Gasteiger partial charge in [0.2, 0.25) is 5.91 Å². The Kier molecular flexibility index (Phi) is 58.5. The van der Waals surface area contributed by atoms with E-state index in [1.165, 1.54) is 225 Å². The second-order valence-corrected chi connectivity index (χ2v) is 21.4. The van der Waals surface area contributed by atoms with Crippen molar-refractivity contribution in [2.45, 2.75) is 341 Å². The zero-order valence-electron chi connectivity index (χ0n) is 47.5. The Hall–Kier alpha value is -2.18. The fourth-order valence-corrected chi connectivity index (χ4v) is 9.51. The van der Waals surface area contributed by atoms with E-state index < -0.39 is 12.1 Å². The first-order valence-electron chi connectivity index (χ1n) is 31.4. The number of allylic oxidation sites excluding steroid dienone is 8. The minimum Gasteiger partial charge on any atom is -0.466 e. The fourth-order valence-electron chi connectivity index (χ4n) is 9.51. The maximum absolute atomic E-state index is 12.5. The minimum absolute atomic E-state index is 0.00777. The molecule has 0 heterocycles. The Morgan fingerprint density at radius 1 is 0.394 bits per heavy atom. The van der Waals surface area contributed by atoms with Crippen LogP contribution in [0.4, 0.5) is 0 Å². The van der Waals surface area contributed by atoms with Gasteiger partial charge >= 0.3 is 5.97 Å². The average Bonchev–Trinajstić information content (AvgIpc) is 3.37. The molecule has 6 heteroatoms. The van der Waals surface area contributed by atoms with Crippen LogP contribution >= 0.6 is 0 Å². The third-order valence-electron chi connectivity index (χ3n) is 14.4. The van der Waals surface area contributed by atoms with Gasteiger partial charge in [0.05, 0.1) is 25.4 Å². The largest absolute Gasteiger partial charge is 0.466 e. The number of hydrogen-bond acceptors (Lipinski definition) is 5. The average molecular weight is 997 g/mol. The maximum atomic E-state index is 12.5. The van der Waals surface area contributed by atoms with Crippen molar-refractivity contribution < 1.29 is 24.5 Å². The molecule has 0 aromatic heterocycles. The molecule has 71 heavy (non-hydrogen) atoms. The zero-order chi connectivity index (χ0) is 51.4. The van der Waals surface area contributed by atoms with Gasteiger partial charge in [-0.05, 0) is 83.5 Å². The summed E-state index contributed by atoms with van der Waals surface area (Å²) in [5.41, 5.74) is 0. The Bertz CT molecular complexity index is 1190. The number of rotatable bonds is 58. The van der Waals surface area contributed by atoms with E-state index in [2.05, 4.69) is 67.8 Å². The van der Waals surface area contributed by atoms with Crippen molar-refractivity contribution in [1.82, 2.24) is 5.32 Å². The van der Waals surface area contributed by atoms with Gasteiger partial charge in [-0.25, -0.2) is 0 Å². The van der Waals surface area contributed by atoms with Crippen LogP contribution in [-0.4, -0.2) is 47.4 Å². The van der Waals surface area contributed by atoms with Crippen molar-refractivity contribution in [2.24, 2.45) is 0 Å². The van der Waals surface area contributed by atoms with Gasteiger partial charge in [-0.15, -0.1) is 0 Å². The number of ether oxygens (including phenoxy) is 1. The molecule has 0 saturated heterocycles. The van der Waals surface area contributed by atoms with Gasteiger partial charge in [0.15, 0.2) is 0 Å². The van der Waals surface area contributed by atoms with E-state index >= 15 is 0 Å². The molecule has 2 atom stereocenters. The molecule has 0 aromatic rings. The molecule has 0 saturated carbocycles. The summed E-state index contributed by atoms with van der Waals surface area (Å²) in [7, 11) is 0. The molecule has 0 radical (unpaired) electrons. The SMILES string of the molecule is CCCC/C=C\C/C=C\CCCCCCCC(=O)OCCCCCCCCCCC/C=C\C/C=C\CCCCCCCCCC(=O)NC(CO)C(O)CCCCCCCCCCCCCCCCCCC. The number of aliphatic hydroxyl groups excluding tert-OH is 2. The molecule has 0 fully saturated rings. The summed E-state index contributed by atoms with van der Waals surface area (Å²) in [5.74, 6) is -0.0519. The number of nitrogens with one attached hydrogen (secondary N) is 1.